The van der Waals surface area contributed by atoms with Crippen molar-refractivity contribution in [1.82, 2.24) is 10.1 Å². The number of hydrogen-bond acceptors (Lipinski definition) is 4. The van der Waals surface area contributed by atoms with Crippen LogP contribution in [0.3, 0.4) is 0 Å². The third kappa shape index (κ3) is 3.18. The molecule has 0 saturated carbocycles. The molecule has 0 radical (unpaired) electrons. The van der Waals surface area contributed by atoms with Crippen LogP contribution in [0.15, 0.2) is 40.9 Å². The summed E-state index contributed by atoms with van der Waals surface area (Å²) in [4.78, 5) is 12.2. The molecule has 1 aromatic carbocycles. The second kappa shape index (κ2) is 5.46. The van der Waals surface area contributed by atoms with Crippen molar-refractivity contribution in [3.05, 3.63) is 42.1 Å². The predicted octanol–water partition coefficient (Wildman–Crippen LogP) is 1.86. The van der Waals surface area contributed by atoms with Gasteiger partial charge in [0.15, 0.2) is 5.76 Å². The molecule has 2 aromatic rings. The SMILES string of the molecule is CN(CC(=O)O)Cc1cc(-c2ccccc2)on1. The van der Waals surface area contributed by atoms with E-state index >= 15 is 0 Å². The molecule has 2 rings (SSSR count). The zero-order valence-corrected chi connectivity index (χ0v) is 10.0. The minimum absolute atomic E-state index is 0.0203. The first kappa shape index (κ1) is 12.3. The van der Waals surface area contributed by atoms with E-state index in [-0.39, 0.29) is 6.54 Å². The largest absolute Gasteiger partial charge is 0.480 e. The fourth-order valence-corrected chi connectivity index (χ4v) is 1.69. The van der Waals surface area contributed by atoms with Gasteiger partial charge in [0, 0.05) is 18.2 Å². The minimum Gasteiger partial charge on any atom is -0.480 e. The van der Waals surface area contributed by atoms with E-state index < -0.39 is 5.97 Å². The number of benzene rings is 1. The number of hydrogen-bond donors (Lipinski definition) is 1. The van der Waals surface area contributed by atoms with Gasteiger partial charge >= 0.3 is 5.97 Å². The summed E-state index contributed by atoms with van der Waals surface area (Å²) in [5.74, 6) is -0.168. The van der Waals surface area contributed by atoms with Crippen LogP contribution in [0.4, 0.5) is 0 Å². The maximum Gasteiger partial charge on any atom is 0.317 e. The molecule has 0 amide bonds. The standard InChI is InChI=1S/C13H14N2O3/c1-15(9-13(16)17)8-11-7-12(18-14-11)10-5-3-2-4-6-10/h2-7H,8-9H2,1H3,(H,16,17). The molecule has 1 N–H and O–H groups in total. The average molecular weight is 246 g/mol. The Morgan fingerprint density at radius 1 is 1.39 bits per heavy atom. The highest BCUT2D eigenvalue weighted by Crippen LogP contribution is 2.20. The van der Waals surface area contributed by atoms with E-state index in [0.717, 1.165) is 11.3 Å². The molecular weight excluding hydrogens is 232 g/mol. The lowest BCUT2D eigenvalue weighted by Crippen LogP contribution is -2.25. The number of rotatable bonds is 5. The molecule has 0 spiro atoms. The van der Waals surface area contributed by atoms with Crippen LogP contribution in [0, 0.1) is 0 Å². The van der Waals surface area contributed by atoms with Crippen molar-refractivity contribution in [3.63, 3.8) is 0 Å². The molecule has 0 aliphatic rings. The van der Waals surface area contributed by atoms with Crippen molar-refractivity contribution >= 4 is 5.97 Å². The summed E-state index contributed by atoms with van der Waals surface area (Å²) in [6, 6.07) is 11.5. The Morgan fingerprint density at radius 3 is 2.78 bits per heavy atom. The molecular formula is C13H14N2O3. The fraction of sp³-hybridized carbons (Fsp3) is 0.231. The van der Waals surface area contributed by atoms with Gasteiger partial charge in [-0.25, -0.2) is 0 Å². The molecule has 0 unspecified atom stereocenters. The first-order valence-electron chi connectivity index (χ1n) is 5.56. The Hall–Kier alpha value is -2.14. The molecule has 5 nitrogen and oxygen atoms in total. The number of carbonyl (C=O) groups is 1. The number of likely N-dealkylation sites (N-methyl/N-ethyl adjacent to an activating group) is 1. The molecule has 0 aliphatic heterocycles. The summed E-state index contributed by atoms with van der Waals surface area (Å²) >= 11 is 0. The van der Waals surface area contributed by atoms with Gasteiger partial charge in [-0.05, 0) is 7.05 Å². The van der Waals surface area contributed by atoms with Gasteiger partial charge in [0.05, 0.1) is 12.2 Å². The summed E-state index contributed by atoms with van der Waals surface area (Å²) in [6.45, 7) is 0.427. The van der Waals surface area contributed by atoms with Crippen LogP contribution in [0.1, 0.15) is 5.69 Å². The van der Waals surface area contributed by atoms with Crippen LogP contribution >= 0.6 is 0 Å². The number of nitrogens with zero attached hydrogens (tertiary/aromatic N) is 2. The average Bonchev–Trinajstić information content (AvgIpc) is 2.77. The normalized spacial score (nSPS) is 10.8. The van der Waals surface area contributed by atoms with Crippen LogP contribution in [-0.2, 0) is 11.3 Å². The summed E-state index contributed by atoms with van der Waals surface area (Å²) in [5.41, 5.74) is 1.68. The number of aromatic nitrogens is 1. The zero-order valence-electron chi connectivity index (χ0n) is 10.0. The van der Waals surface area contributed by atoms with E-state index in [1.165, 1.54) is 0 Å². The first-order valence-corrected chi connectivity index (χ1v) is 5.56. The molecule has 1 heterocycles. The monoisotopic (exact) mass is 246 g/mol. The minimum atomic E-state index is -0.857. The van der Waals surface area contributed by atoms with Gasteiger partial charge in [-0.1, -0.05) is 35.5 Å². The Morgan fingerprint density at radius 2 is 2.11 bits per heavy atom. The third-order valence-electron chi connectivity index (χ3n) is 2.45. The Kier molecular flexibility index (Phi) is 3.74. The van der Waals surface area contributed by atoms with Crippen molar-refractivity contribution < 1.29 is 14.4 Å². The lowest BCUT2D eigenvalue weighted by atomic mass is 10.1. The smallest absolute Gasteiger partial charge is 0.317 e. The second-order valence-corrected chi connectivity index (χ2v) is 4.11. The van der Waals surface area contributed by atoms with E-state index in [1.54, 1.807) is 11.9 Å². The van der Waals surface area contributed by atoms with Crippen LogP contribution in [0.25, 0.3) is 11.3 Å². The fourth-order valence-electron chi connectivity index (χ4n) is 1.69. The predicted molar refractivity (Wildman–Crippen MR) is 65.9 cm³/mol. The molecule has 0 saturated heterocycles. The number of carboxylic acid groups (broad SMARTS) is 1. The molecule has 5 heteroatoms. The molecule has 0 aliphatic carbocycles. The zero-order chi connectivity index (χ0) is 13.0. The van der Waals surface area contributed by atoms with Gasteiger partial charge in [0.1, 0.15) is 0 Å². The molecule has 0 atom stereocenters. The van der Waals surface area contributed by atoms with Crippen molar-refractivity contribution in [3.8, 4) is 11.3 Å². The Labute approximate surface area is 105 Å². The second-order valence-electron chi connectivity index (χ2n) is 4.11. The van der Waals surface area contributed by atoms with Gasteiger partial charge in [-0.2, -0.15) is 0 Å². The Balaban J connectivity index is 2.05. The van der Waals surface area contributed by atoms with E-state index in [0.29, 0.717) is 12.3 Å². The van der Waals surface area contributed by atoms with Gasteiger partial charge in [0.25, 0.3) is 0 Å². The lowest BCUT2D eigenvalue weighted by molar-refractivity contribution is -0.138. The lowest BCUT2D eigenvalue weighted by Gasteiger charge is -2.10. The van der Waals surface area contributed by atoms with E-state index in [1.807, 2.05) is 36.4 Å². The van der Waals surface area contributed by atoms with Gasteiger partial charge in [-0.3, -0.25) is 9.69 Å². The molecule has 0 bridgehead atoms. The summed E-state index contributed by atoms with van der Waals surface area (Å²) in [7, 11) is 1.73. The number of carboxylic acids is 1. The van der Waals surface area contributed by atoms with Crippen molar-refractivity contribution in [2.45, 2.75) is 6.54 Å². The molecule has 1 aromatic heterocycles. The van der Waals surface area contributed by atoms with E-state index in [4.69, 9.17) is 9.63 Å². The maximum absolute atomic E-state index is 10.5. The highest BCUT2D eigenvalue weighted by atomic mass is 16.5. The highest BCUT2D eigenvalue weighted by Gasteiger charge is 2.10. The Bertz CT molecular complexity index is 522. The number of aliphatic carboxylic acids is 1. The first-order chi connectivity index (χ1) is 8.65. The highest BCUT2D eigenvalue weighted by molar-refractivity contribution is 5.69. The third-order valence-corrected chi connectivity index (χ3v) is 2.45. The van der Waals surface area contributed by atoms with E-state index in [9.17, 15) is 4.79 Å². The van der Waals surface area contributed by atoms with Gasteiger partial charge in [-0.15, -0.1) is 0 Å². The van der Waals surface area contributed by atoms with Gasteiger partial charge < -0.3 is 9.63 Å². The van der Waals surface area contributed by atoms with Crippen LogP contribution in [0.2, 0.25) is 0 Å². The van der Waals surface area contributed by atoms with Gasteiger partial charge in [0.2, 0.25) is 0 Å². The van der Waals surface area contributed by atoms with Crippen molar-refractivity contribution in [2.24, 2.45) is 0 Å². The summed E-state index contributed by atoms with van der Waals surface area (Å²) in [6.07, 6.45) is 0. The molecule has 18 heavy (non-hydrogen) atoms. The van der Waals surface area contributed by atoms with E-state index in [2.05, 4.69) is 5.16 Å². The van der Waals surface area contributed by atoms with Crippen molar-refractivity contribution in [1.29, 1.82) is 0 Å². The maximum atomic E-state index is 10.5. The summed E-state index contributed by atoms with van der Waals surface area (Å²) in [5, 5.41) is 12.6. The van der Waals surface area contributed by atoms with Crippen molar-refractivity contribution in [2.75, 3.05) is 13.6 Å². The van der Waals surface area contributed by atoms with Crippen LogP contribution in [0.5, 0.6) is 0 Å². The quantitative estimate of drug-likeness (QED) is 0.872. The van der Waals surface area contributed by atoms with Crippen LogP contribution < -0.4 is 0 Å². The summed E-state index contributed by atoms with van der Waals surface area (Å²) < 4.78 is 5.23. The van der Waals surface area contributed by atoms with Crippen LogP contribution in [-0.4, -0.2) is 34.7 Å². The molecule has 94 valence electrons. The molecule has 0 fully saturated rings. The topological polar surface area (TPSA) is 66.6 Å².